The Morgan fingerprint density at radius 3 is 2.35 bits per heavy atom. The lowest BCUT2D eigenvalue weighted by molar-refractivity contribution is -0.137. The summed E-state index contributed by atoms with van der Waals surface area (Å²) in [7, 11) is 0. The summed E-state index contributed by atoms with van der Waals surface area (Å²) in [5, 5.41) is 5.09. The Bertz CT molecular complexity index is 1150. The van der Waals surface area contributed by atoms with Gasteiger partial charge in [-0.2, -0.15) is 0 Å². The molecule has 0 spiro atoms. The van der Waals surface area contributed by atoms with E-state index in [-0.39, 0.29) is 25.0 Å². The molecule has 0 aliphatic carbocycles. The number of nitrogens with zero attached hydrogens (tertiary/aromatic N) is 1. The number of carbonyl (C=O) groups excluding carboxylic acids is 2. The molecule has 0 atom stereocenters. The van der Waals surface area contributed by atoms with Crippen LogP contribution in [-0.2, 0) is 9.59 Å². The molecule has 31 heavy (non-hydrogen) atoms. The zero-order valence-electron chi connectivity index (χ0n) is 17.8. The van der Waals surface area contributed by atoms with E-state index in [9.17, 15) is 9.59 Å². The van der Waals surface area contributed by atoms with Crippen LogP contribution in [0.3, 0.4) is 0 Å². The van der Waals surface area contributed by atoms with Crippen LogP contribution >= 0.6 is 11.3 Å². The van der Waals surface area contributed by atoms with Gasteiger partial charge in [-0.15, -0.1) is 11.3 Å². The molecule has 0 saturated heterocycles. The van der Waals surface area contributed by atoms with Crippen LogP contribution in [0.2, 0.25) is 0 Å². The summed E-state index contributed by atoms with van der Waals surface area (Å²) in [5.41, 5.74) is 4.78. The summed E-state index contributed by atoms with van der Waals surface area (Å²) in [6.07, 6.45) is 0. The molecule has 158 valence electrons. The van der Waals surface area contributed by atoms with Crippen LogP contribution in [0.5, 0.6) is 5.75 Å². The van der Waals surface area contributed by atoms with Gasteiger partial charge in [0.2, 0.25) is 0 Å². The zero-order valence-corrected chi connectivity index (χ0v) is 18.6. The molecule has 2 heterocycles. The Morgan fingerprint density at radius 1 is 0.903 bits per heavy atom. The molecule has 3 aromatic rings. The van der Waals surface area contributed by atoms with E-state index in [4.69, 9.17) is 4.74 Å². The van der Waals surface area contributed by atoms with Crippen LogP contribution in [-0.4, -0.2) is 29.9 Å². The minimum Gasteiger partial charge on any atom is -0.492 e. The Labute approximate surface area is 186 Å². The molecule has 2 aromatic carbocycles. The molecule has 0 radical (unpaired) electrons. The van der Waals surface area contributed by atoms with Crippen molar-refractivity contribution in [3.63, 3.8) is 0 Å². The van der Waals surface area contributed by atoms with E-state index in [1.54, 1.807) is 0 Å². The van der Waals surface area contributed by atoms with E-state index in [1.807, 2.05) is 74.7 Å². The number of amides is 2. The van der Waals surface area contributed by atoms with E-state index < -0.39 is 0 Å². The highest BCUT2D eigenvalue weighted by Crippen LogP contribution is 2.33. The first-order chi connectivity index (χ1) is 14.9. The standard InChI is InChI=1S/C25H24N2O3S/c1-16-6-4-7-19(13-16)26-23-22(21-8-5-11-31-21)24(28)27(25(23)29)9-10-30-20-14-17(2)12-18(3)15-20/h4-8,11-15,26H,9-10H2,1-3H3. The SMILES string of the molecule is Cc1cccc(NC2=C(c3cccs3)C(=O)N(CCOc3cc(C)cc(C)c3)C2=O)c1. The predicted molar refractivity (Wildman–Crippen MR) is 124 cm³/mol. The average Bonchev–Trinajstić information content (AvgIpc) is 3.30. The van der Waals surface area contributed by atoms with E-state index in [0.29, 0.717) is 11.3 Å². The number of carbonyl (C=O) groups is 2. The van der Waals surface area contributed by atoms with Gasteiger partial charge in [0, 0.05) is 10.6 Å². The number of ether oxygens (including phenoxy) is 1. The maximum Gasteiger partial charge on any atom is 0.278 e. The summed E-state index contributed by atoms with van der Waals surface area (Å²) in [5.74, 6) is 0.103. The molecule has 2 amide bonds. The third kappa shape index (κ3) is 4.54. The molecule has 0 saturated carbocycles. The highest BCUT2D eigenvalue weighted by Gasteiger charge is 2.39. The van der Waals surface area contributed by atoms with Crippen molar-refractivity contribution < 1.29 is 14.3 Å². The number of nitrogens with one attached hydrogen (secondary N) is 1. The number of rotatable bonds is 7. The maximum atomic E-state index is 13.2. The van der Waals surface area contributed by atoms with Crippen molar-refractivity contribution in [1.29, 1.82) is 0 Å². The van der Waals surface area contributed by atoms with Crippen molar-refractivity contribution in [3.8, 4) is 5.75 Å². The van der Waals surface area contributed by atoms with Crippen LogP contribution in [0, 0.1) is 20.8 Å². The van der Waals surface area contributed by atoms with E-state index in [0.717, 1.165) is 33.0 Å². The number of thiophene rings is 1. The second-order valence-corrected chi connectivity index (χ2v) is 8.60. The van der Waals surface area contributed by atoms with Crippen LogP contribution in [0.4, 0.5) is 5.69 Å². The highest BCUT2D eigenvalue weighted by atomic mass is 32.1. The minimum atomic E-state index is -0.334. The first-order valence-electron chi connectivity index (χ1n) is 10.1. The van der Waals surface area contributed by atoms with Crippen molar-refractivity contribution in [1.82, 2.24) is 4.90 Å². The fraction of sp³-hybridized carbons (Fsp3) is 0.200. The molecule has 1 N–H and O–H groups in total. The van der Waals surface area contributed by atoms with Gasteiger partial charge >= 0.3 is 0 Å². The Morgan fingerprint density at radius 2 is 1.68 bits per heavy atom. The monoisotopic (exact) mass is 432 g/mol. The molecule has 6 heteroatoms. The van der Waals surface area contributed by atoms with Crippen LogP contribution in [0.25, 0.3) is 5.57 Å². The second-order valence-electron chi connectivity index (χ2n) is 7.66. The summed E-state index contributed by atoms with van der Waals surface area (Å²) < 4.78 is 5.84. The van der Waals surface area contributed by atoms with Gasteiger partial charge in [0.25, 0.3) is 11.8 Å². The molecule has 1 aromatic heterocycles. The predicted octanol–water partition coefficient (Wildman–Crippen LogP) is 4.94. The summed E-state index contributed by atoms with van der Waals surface area (Å²) >= 11 is 1.44. The first-order valence-corrected chi connectivity index (χ1v) is 11.0. The van der Waals surface area contributed by atoms with Crippen molar-refractivity contribution in [2.45, 2.75) is 20.8 Å². The lowest BCUT2D eigenvalue weighted by Gasteiger charge is -2.16. The van der Waals surface area contributed by atoms with E-state index in [2.05, 4.69) is 11.4 Å². The van der Waals surface area contributed by atoms with Gasteiger partial charge in [0.05, 0.1) is 12.1 Å². The van der Waals surface area contributed by atoms with Crippen LogP contribution in [0.15, 0.2) is 65.7 Å². The van der Waals surface area contributed by atoms with Crippen molar-refractivity contribution in [2.24, 2.45) is 0 Å². The van der Waals surface area contributed by atoms with Gasteiger partial charge in [0.15, 0.2) is 0 Å². The Kier molecular flexibility index (Phi) is 5.91. The maximum absolute atomic E-state index is 13.2. The van der Waals surface area contributed by atoms with Crippen LogP contribution in [0.1, 0.15) is 21.6 Å². The van der Waals surface area contributed by atoms with Crippen LogP contribution < -0.4 is 10.1 Å². The Balaban J connectivity index is 1.54. The molecular weight excluding hydrogens is 408 g/mol. The van der Waals surface area contributed by atoms with Crippen molar-refractivity contribution >= 4 is 34.4 Å². The molecule has 4 rings (SSSR count). The quantitative estimate of drug-likeness (QED) is 0.537. The third-order valence-electron chi connectivity index (χ3n) is 5.00. The minimum absolute atomic E-state index is 0.179. The van der Waals surface area contributed by atoms with Gasteiger partial charge in [0.1, 0.15) is 18.1 Å². The van der Waals surface area contributed by atoms with Crippen molar-refractivity contribution in [2.75, 3.05) is 18.5 Å². The van der Waals surface area contributed by atoms with Gasteiger partial charge in [-0.05, 0) is 73.2 Å². The fourth-order valence-electron chi connectivity index (χ4n) is 3.68. The number of hydrogen-bond donors (Lipinski definition) is 1. The molecule has 1 aliphatic rings. The number of anilines is 1. The Hall–Kier alpha value is -3.38. The van der Waals surface area contributed by atoms with E-state index in [1.165, 1.54) is 16.2 Å². The second kappa shape index (κ2) is 8.78. The van der Waals surface area contributed by atoms with Crippen molar-refractivity contribution in [3.05, 3.63) is 87.2 Å². The molecule has 0 unspecified atom stereocenters. The fourth-order valence-corrected chi connectivity index (χ4v) is 4.45. The van der Waals surface area contributed by atoms with Gasteiger partial charge in [-0.1, -0.05) is 24.3 Å². The third-order valence-corrected chi connectivity index (χ3v) is 5.89. The first kappa shape index (κ1) is 20.9. The van der Waals surface area contributed by atoms with E-state index >= 15 is 0 Å². The largest absolute Gasteiger partial charge is 0.492 e. The molecule has 5 nitrogen and oxygen atoms in total. The lowest BCUT2D eigenvalue weighted by Crippen LogP contribution is -2.36. The molecule has 0 fully saturated rings. The summed E-state index contributed by atoms with van der Waals surface area (Å²) in [6, 6.07) is 17.4. The molecular formula is C25H24N2O3S. The lowest BCUT2D eigenvalue weighted by atomic mass is 10.1. The summed E-state index contributed by atoms with van der Waals surface area (Å²) in [4.78, 5) is 28.4. The molecule has 1 aliphatic heterocycles. The average molecular weight is 433 g/mol. The number of aryl methyl sites for hydroxylation is 3. The summed E-state index contributed by atoms with van der Waals surface area (Å²) in [6.45, 7) is 6.41. The number of hydrogen-bond acceptors (Lipinski definition) is 5. The number of benzene rings is 2. The normalized spacial score (nSPS) is 13.8. The van der Waals surface area contributed by atoms with Gasteiger partial charge in [-0.3, -0.25) is 14.5 Å². The highest BCUT2D eigenvalue weighted by molar-refractivity contribution is 7.11. The topological polar surface area (TPSA) is 58.6 Å². The zero-order chi connectivity index (χ0) is 22.0. The smallest absolute Gasteiger partial charge is 0.278 e. The molecule has 0 bridgehead atoms. The number of imide groups is 1. The van der Waals surface area contributed by atoms with Gasteiger partial charge < -0.3 is 10.1 Å². The van der Waals surface area contributed by atoms with Gasteiger partial charge in [-0.25, -0.2) is 0 Å².